The van der Waals surface area contributed by atoms with Gasteiger partial charge in [0.1, 0.15) is 0 Å². The van der Waals surface area contributed by atoms with E-state index < -0.39 is 0 Å². The summed E-state index contributed by atoms with van der Waals surface area (Å²) < 4.78 is 1.45. The first kappa shape index (κ1) is 6.85. The smallest absolute Gasteiger partial charge is 1.00 e. The van der Waals surface area contributed by atoms with Gasteiger partial charge in [-0.3, -0.25) is 0 Å². The summed E-state index contributed by atoms with van der Waals surface area (Å²) >= 11 is 0.585. The van der Waals surface area contributed by atoms with Crippen LogP contribution in [-0.2, 0) is 0 Å². The van der Waals surface area contributed by atoms with Gasteiger partial charge in [0.05, 0.1) is 0 Å². The molecule has 0 aliphatic rings. The normalized spacial score (nSPS) is 9.44. The van der Waals surface area contributed by atoms with E-state index in [2.05, 4.69) is 42.6 Å². The molecule has 0 unspecified atom stereocenters. The van der Waals surface area contributed by atoms with Crippen LogP contribution in [0.4, 0.5) is 0 Å². The molecule has 0 amide bonds. The molecule has 0 heterocycles. The zero-order valence-electron chi connectivity index (χ0n) is 6.37. The Morgan fingerprint density at radius 1 is 1.33 bits per heavy atom. The van der Waals surface area contributed by atoms with E-state index in [1.54, 1.807) is 0 Å². The van der Waals surface area contributed by atoms with E-state index in [0.29, 0.717) is 15.0 Å². The fraction of sp³-hybridized carbons (Fsp3) is 0.125. The Labute approximate surface area is 63.9 Å². The Hall–Kier alpha value is -0.261. The van der Waals surface area contributed by atoms with Gasteiger partial charge in [-0.15, -0.1) is 0 Å². The number of benzene rings is 1. The Morgan fingerprint density at radius 2 is 2.00 bits per heavy atom. The summed E-state index contributed by atoms with van der Waals surface area (Å²) in [6, 6.07) is 10.6. The molecule has 0 aliphatic heterocycles. The molecule has 1 rings (SSSR count). The topological polar surface area (TPSA) is 0 Å². The van der Waals surface area contributed by atoms with Gasteiger partial charge in [-0.25, -0.2) is 0 Å². The van der Waals surface area contributed by atoms with Crippen LogP contribution >= 0.6 is 0 Å². The summed E-state index contributed by atoms with van der Waals surface area (Å²) in [6.07, 6.45) is 0. The second-order valence-corrected chi connectivity index (χ2v) is 4.14. The molecule has 0 saturated heterocycles. The Morgan fingerprint density at radius 3 is 2.56 bits per heavy atom. The molecule has 1 radical (unpaired) electrons. The van der Waals surface area contributed by atoms with Crippen LogP contribution in [0.2, 0.25) is 0 Å². The van der Waals surface area contributed by atoms with Crippen molar-refractivity contribution in [2.45, 2.75) is 6.92 Å². The zero-order valence-corrected chi connectivity index (χ0v) is 7.09. The standard InChI is InChI=1S/C8H9Se/c1-2-9-8-6-4-3-5-7-8/h2-7H,1H3/p+1. The van der Waals surface area contributed by atoms with Crippen molar-refractivity contribution in [1.82, 2.24) is 0 Å². The van der Waals surface area contributed by atoms with E-state index in [0.717, 1.165) is 0 Å². The van der Waals surface area contributed by atoms with Crippen molar-refractivity contribution < 1.29 is 1.43 Å². The molecule has 0 saturated carbocycles. The maximum absolute atomic E-state index is 2.22. The van der Waals surface area contributed by atoms with Crippen molar-refractivity contribution in [3.63, 3.8) is 0 Å². The van der Waals surface area contributed by atoms with Gasteiger partial charge < -0.3 is 0 Å². The van der Waals surface area contributed by atoms with Crippen LogP contribution in [0.15, 0.2) is 30.3 Å². The maximum Gasteiger partial charge on any atom is 1.00 e. The third-order valence-electron chi connectivity index (χ3n) is 0.997. The SMILES string of the molecule is C[CH][Se]c1ccccc1.[H+]. The number of hydrogen-bond acceptors (Lipinski definition) is 0. The molecule has 1 aromatic carbocycles. The summed E-state index contributed by atoms with van der Waals surface area (Å²) in [5, 5.41) is 2.22. The van der Waals surface area contributed by atoms with Gasteiger partial charge in [0, 0.05) is 0 Å². The molecule has 47 valence electrons. The van der Waals surface area contributed by atoms with Crippen molar-refractivity contribution in [1.29, 1.82) is 0 Å². The molecule has 0 N–H and O–H groups in total. The summed E-state index contributed by atoms with van der Waals surface area (Å²) in [4.78, 5) is 0. The van der Waals surface area contributed by atoms with Crippen LogP contribution in [0.1, 0.15) is 8.35 Å². The molecule has 0 bridgehead atoms. The predicted molar refractivity (Wildman–Crippen MR) is 42.9 cm³/mol. The summed E-state index contributed by atoms with van der Waals surface area (Å²) in [7, 11) is 0. The van der Waals surface area contributed by atoms with Crippen LogP contribution < -0.4 is 4.46 Å². The van der Waals surface area contributed by atoms with Gasteiger partial charge in [-0.2, -0.15) is 0 Å². The summed E-state index contributed by atoms with van der Waals surface area (Å²) in [6.45, 7) is 2.10. The molecule has 0 spiro atoms. The predicted octanol–water partition coefficient (Wildman–Crippen LogP) is 1.31. The van der Waals surface area contributed by atoms with Gasteiger partial charge in [-0.1, -0.05) is 0 Å². The molecule has 0 aromatic heterocycles. The van der Waals surface area contributed by atoms with Crippen molar-refractivity contribution in [2.75, 3.05) is 0 Å². The largest absolute Gasteiger partial charge is 1.00 e. The molecule has 9 heavy (non-hydrogen) atoms. The molecule has 1 heteroatoms. The van der Waals surface area contributed by atoms with Crippen LogP contribution in [0.25, 0.3) is 0 Å². The third kappa shape index (κ3) is 2.21. The Kier molecular flexibility index (Phi) is 2.82. The minimum absolute atomic E-state index is 0. The van der Waals surface area contributed by atoms with Gasteiger partial charge in [-0.05, 0) is 0 Å². The van der Waals surface area contributed by atoms with E-state index >= 15 is 0 Å². The molecular formula is C8H10Se+. The molecule has 1 aromatic rings. The monoisotopic (exact) mass is 186 g/mol. The van der Waals surface area contributed by atoms with Gasteiger partial charge in [0.25, 0.3) is 0 Å². The minimum atomic E-state index is 0. The van der Waals surface area contributed by atoms with E-state index in [-0.39, 0.29) is 1.43 Å². The fourth-order valence-corrected chi connectivity index (χ4v) is 1.87. The average molecular weight is 185 g/mol. The molecule has 0 aliphatic carbocycles. The molecule has 0 nitrogen and oxygen atoms in total. The Balaban J connectivity index is 0.000000810. The third-order valence-corrected chi connectivity index (χ3v) is 2.63. The molecular weight excluding hydrogens is 175 g/mol. The van der Waals surface area contributed by atoms with Gasteiger partial charge in [0.2, 0.25) is 0 Å². The van der Waals surface area contributed by atoms with Crippen LogP contribution in [0.3, 0.4) is 0 Å². The van der Waals surface area contributed by atoms with Crippen molar-refractivity contribution >= 4 is 19.4 Å². The van der Waals surface area contributed by atoms with Crippen molar-refractivity contribution in [3.8, 4) is 0 Å². The van der Waals surface area contributed by atoms with Crippen LogP contribution in [0, 0.1) is 5.32 Å². The summed E-state index contributed by atoms with van der Waals surface area (Å²) in [5.74, 6) is 0. The van der Waals surface area contributed by atoms with Crippen LogP contribution in [0.5, 0.6) is 0 Å². The van der Waals surface area contributed by atoms with Crippen LogP contribution in [-0.4, -0.2) is 15.0 Å². The van der Waals surface area contributed by atoms with E-state index in [1.165, 1.54) is 4.46 Å². The molecule has 0 fully saturated rings. The summed E-state index contributed by atoms with van der Waals surface area (Å²) in [5.41, 5.74) is 0. The van der Waals surface area contributed by atoms with E-state index in [9.17, 15) is 0 Å². The van der Waals surface area contributed by atoms with Gasteiger partial charge >= 0.3 is 63.4 Å². The number of rotatable bonds is 2. The zero-order chi connectivity index (χ0) is 6.53. The second-order valence-electron chi connectivity index (χ2n) is 1.67. The van der Waals surface area contributed by atoms with Crippen molar-refractivity contribution in [3.05, 3.63) is 35.7 Å². The molecule has 0 atom stereocenters. The van der Waals surface area contributed by atoms with E-state index in [1.807, 2.05) is 0 Å². The quantitative estimate of drug-likeness (QED) is 0.609. The first-order valence-corrected chi connectivity index (χ1v) is 4.77. The average Bonchev–Trinajstić information content (AvgIpc) is 1.91. The van der Waals surface area contributed by atoms with Gasteiger partial charge in [0.15, 0.2) is 0 Å². The number of hydrogen-bond donors (Lipinski definition) is 0. The minimum Gasteiger partial charge on any atom is 1.00 e. The van der Waals surface area contributed by atoms with E-state index in [4.69, 9.17) is 0 Å². The second kappa shape index (κ2) is 3.71. The maximum atomic E-state index is 2.22. The Bertz CT molecular complexity index is 162. The first-order chi connectivity index (χ1) is 4.43. The van der Waals surface area contributed by atoms with Crippen molar-refractivity contribution in [2.24, 2.45) is 0 Å². The fourth-order valence-electron chi connectivity index (χ4n) is 0.635. The first-order valence-electron chi connectivity index (χ1n) is 2.93.